The Morgan fingerprint density at radius 1 is 0.317 bits per heavy atom. The van der Waals surface area contributed by atoms with Crippen LogP contribution in [0.25, 0.3) is 93.9 Å². The summed E-state index contributed by atoms with van der Waals surface area (Å²) in [5.74, 6) is 0. The van der Waals surface area contributed by atoms with E-state index in [0.29, 0.717) is 0 Å². The molecule has 0 spiro atoms. The fourth-order valence-electron chi connectivity index (χ4n) is 9.46. The van der Waals surface area contributed by atoms with E-state index in [2.05, 4.69) is 246 Å². The molecule has 0 radical (unpaired) electrons. The number of para-hydroxylation sites is 5. The topological polar surface area (TPSA) is 21.3 Å². The lowest BCUT2D eigenvalue weighted by atomic mass is 9.97. The van der Waals surface area contributed by atoms with Gasteiger partial charge in [0.2, 0.25) is 0 Å². The van der Waals surface area contributed by atoms with E-state index in [1.165, 1.54) is 44.1 Å². The number of nitrogens with zero attached hydrogens (tertiary/aromatic N) is 2. The molecule has 296 valence electrons. The zero-order valence-corrected chi connectivity index (χ0v) is 34.4. The van der Waals surface area contributed by atoms with Gasteiger partial charge in [-0.15, -0.1) is 0 Å². The minimum atomic E-state index is 0.886. The van der Waals surface area contributed by atoms with Gasteiger partial charge in [-0.2, -0.15) is 0 Å². The molecule has 0 aliphatic heterocycles. The molecule has 0 bridgehead atoms. The fourth-order valence-corrected chi connectivity index (χ4v) is 9.46. The molecule has 0 unspecified atom stereocenters. The van der Waals surface area contributed by atoms with Crippen LogP contribution < -0.4 is 4.90 Å². The third-order valence-electron chi connectivity index (χ3n) is 12.4. The van der Waals surface area contributed by atoms with Crippen LogP contribution in [-0.4, -0.2) is 4.57 Å². The van der Waals surface area contributed by atoms with Crippen LogP contribution in [0.2, 0.25) is 0 Å². The first kappa shape index (κ1) is 36.5. The van der Waals surface area contributed by atoms with Crippen molar-refractivity contribution in [2.75, 3.05) is 4.90 Å². The summed E-state index contributed by atoms with van der Waals surface area (Å²) in [5, 5.41) is 4.71. The monoisotopic (exact) mass is 804 g/mol. The highest BCUT2D eigenvalue weighted by Crippen LogP contribution is 2.45. The average Bonchev–Trinajstić information content (AvgIpc) is 3.91. The van der Waals surface area contributed by atoms with E-state index in [1.54, 1.807) is 0 Å². The molecule has 3 nitrogen and oxygen atoms in total. The van der Waals surface area contributed by atoms with E-state index in [4.69, 9.17) is 4.42 Å². The molecule has 63 heavy (non-hydrogen) atoms. The number of benzene rings is 10. The minimum Gasteiger partial charge on any atom is -0.455 e. The van der Waals surface area contributed by atoms with Crippen LogP contribution in [0.3, 0.4) is 0 Å². The predicted molar refractivity (Wildman–Crippen MR) is 264 cm³/mol. The van der Waals surface area contributed by atoms with Crippen molar-refractivity contribution in [1.29, 1.82) is 0 Å². The maximum Gasteiger partial charge on any atom is 0.143 e. The number of hydrogen-bond acceptors (Lipinski definition) is 2. The quantitative estimate of drug-likeness (QED) is 0.153. The van der Waals surface area contributed by atoms with Gasteiger partial charge in [-0.05, 0) is 82.4 Å². The van der Waals surface area contributed by atoms with Crippen molar-refractivity contribution in [2.45, 2.75) is 0 Å². The lowest BCUT2D eigenvalue weighted by Crippen LogP contribution is -2.11. The van der Waals surface area contributed by atoms with E-state index >= 15 is 0 Å². The predicted octanol–water partition coefficient (Wildman–Crippen LogP) is 16.8. The molecule has 0 atom stereocenters. The molecule has 0 saturated heterocycles. The van der Waals surface area contributed by atoms with E-state index < -0.39 is 0 Å². The summed E-state index contributed by atoms with van der Waals surface area (Å²) < 4.78 is 9.07. The Kier molecular flexibility index (Phi) is 8.83. The maximum absolute atomic E-state index is 6.62. The van der Waals surface area contributed by atoms with E-state index in [-0.39, 0.29) is 0 Å². The molecule has 0 aliphatic carbocycles. The second kappa shape index (κ2) is 15.3. The van der Waals surface area contributed by atoms with Gasteiger partial charge in [0.15, 0.2) is 0 Å². The highest BCUT2D eigenvalue weighted by molar-refractivity contribution is 6.11. The molecular weight excluding hydrogens is 765 g/mol. The minimum absolute atomic E-state index is 0.886. The van der Waals surface area contributed by atoms with Crippen LogP contribution >= 0.6 is 0 Å². The van der Waals surface area contributed by atoms with Crippen molar-refractivity contribution < 1.29 is 4.42 Å². The first-order valence-electron chi connectivity index (χ1n) is 21.5. The van der Waals surface area contributed by atoms with Crippen molar-refractivity contribution in [1.82, 2.24) is 4.57 Å². The summed E-state index contributed by atoms with van der Waals surface area (Å²) in [6, 6.07) is 87.1. The molecular formula is C60H40N2O. The molecule has 12 aromatic rings. The summed E-state index contributed by atoms with van der Waals surface area (Å²) in [6.07, 6.45) is 0. The van der Waals surface area contributed by atoms with Crippen LogP contribution in [0.15, 0.2) is 247 Å². The molecule has 0 aliphatic rings. The van der Waals surface area contributed by atoms with Gasteiger partial charge in [0, 0.05) is 49.6 Å². The fraction of sp³-hybridized carbons (Fsp3) is 0. The third kappa shape index (κ3) is 6.29. The Morgan fingerprint density at radius 3 is 1.49 bits per heavy atom. The molecule has 0 fully saturated rings. The van der Waals surface area contributed by atoms with Crippen molar-refractivity contribution in [2.24, 2.45) is 0 Å². The van der Waals surface area contributed by atoms with Gasteiger partial charge in [-0.3, -0.25) is 0 Å². The molecule has 0 amide bonds. The summed E-state index contributed by atoms with van der Waals surface area (Å²) >= 11 is 0. The molecule has 0 N–H and O–H groups in total. The number of fused-ring (bicyclic) bond motifs is 6. The SMILES string of the molecule is c1ccc(-c2ccc(N(c3ccc(-c4ccc(-c5ccccc5)cc4-n4c5ccccc5c5ccccc54)cc3)c3ccccc3-c3cccc4c3oc3ccccc34)cc2)cc1. The van der Waals surface area contributed by atoms with Crippen LogP contribution in [0.5, 0.6) is 0 Å². The molecule has 2 heterocycles. The molecule has 2 aromatic heterocycles. The van der Waals surface area contributed by atoms with E-state index in [1.807, 2.05) is 6.07 Å². The molecule has 12 rings (SSSR count). The standard InChI is InChI=1S/C60H40N2O/c1-3-16-41(17-4-1)43-30-35-46(36-31-43)61(55-26-11-9-22-51(55)53-24-15-25-54-52-23-10-14-29-59(52)63-60(53)54)47-37-32-44(33-38-47)48-39-34-45(42-18-5-2-6-19-42)40-58(48)62-56-27-12-7-20-49(56)50-21-8-13-28-57(50)62/h1-40H. The Labute approximate surface area is 366 Å². The van der Waals surface area contributed by atoms with E-state index in [9.17, 15) is 0 Å². The number of hydrogen-bond donors (Lipinski definition) is 0. The second-order valence-electron chi connectivity index (χ2n) is 16.1. The zero-order chi connectivity index (χ0) is 41.7. The summed E-state index contributed by atoms with van der Waals surface area (Å²) in [7, 11) is 0. The third-order valence-corrected chi connectivity index (χ3v) is 12.4. The van der Waals surface area contributed by atoms with Gasteiger partial charge in [-0.1, -0.05) is 188 Å². The van der Waals surface area contributed by atoms with Gasteiger partial charge in [0.05, 0.1) is 22.4 Å². The molecule has 0 saturated carbocycles. The first-order valence-corrected chi connectivity index (χ1v) is 21.5. The van der Waals surface area contributed by atoms with Crippen LogP contribution in [0, 0.1) is 0 Å². The van der Waals surface area contributed by atoms with Crippen molar-refractivity contribution in [3.63, 3.8) is 0 Å². The van der Waals surface area contributed by atoms with Gasteiger partial charge < -0.3 is 13.9 Å². The Hall–Kier alpha value is -8.40. The Morgan fingerprint density at radius 2 is 0.810 bits per heavy atom. The second-order valence-corrected chi connectivity index (χ2v) is 16.1. The largest absolute Gasteiger partial charge is 0.455 e. The summed E-state index contributed by atoms with van der Waals surface area (Å²) in [5.41, 5.74) is 17.6. The first-order chi connectivity index (χ1) is 31.3. The highest BCUT2D eigenvalue weighted by atomic mass is 16.3. The molecule has 3 heteroatoms. The molecule has 10 aromatic carbocycles. The lowest BCUT2D eigenvalue weighted by molar-refractivity contribution is 0.670. The number of anilines is 3. The summed E-state index contributed by atoms with van der Waals surface area (Å²) in [4.78, 5) is 2.38. The summed E-state index contributed by atoms with van der Waals surface area (Å²) in [6.45, 7) is 0. The van der Waals surface area contributed by atoms with E-state index in [0.717, 1.165) is 66.9 Å². The maximum atomic E-state index is 6.62. The smallest absolute Gasteiger partial charge is 0.143 e. The Bertz CT molecular complexity index is 3550. The number of aromatic nitrogens is 1. The van der Waals surface area contributed by atoms with Gasteiger partial charge in [0.1, 0.15) is 11.2 Å². The normalized spacial score (nSPS) is 11.5. The van der Waals surface area contributed by atoms with Crippen LogP contribution in [-0.2, 0) is 0 Å². The van der Waals surface area contributed by atoms with Gasteiger partial charge >= 0.3 is 0 Å². The van der Waals surface area contributed by atoms with Crippen molar-refractivity contribution in [3.8, 4) is 50.2 Å². The van der Waals surface area contributed by atoms with Crippen LogP contribution in [0.1, 0.15) is 0 Å². The van der Waals surface area contributed by atoms with Crippen molar-refractivity contribution >= 4 is 60.8 Å². The number of rotatable bonds is 8. The van der Waals surface area contributed by atoms with Crippen molar-refractivity contribution in [3.05, 3.63) is 243 Å². The Balaban J connectivity index is 1.03. The van der Waals surface area contributed by atoms with Gasteiger partial charge in [-0.25, -0.2) is 0 Å². The lowest BCUT2D eigenvalue weighted by Gasteiger charge is -2.28. The highest BCUT2D eigenvalue weighted by Gasteiger charge is 2.22. The van der Waals surface area contributed by atoms with Crippen LogP contribution in [0.4, 0.5) is 17.1 Å². The average molecular weight is 805 g/mol. The zero-order valence-electron chi connectivity index (χ0n) is 34.4. The van der Waals surface area contributed by atoms with Gasteiger partial charge in [0.25, 0.3) is 0 Å². The number of furan rings is 1.